The molecule has 3 N–H and O–H groups in total. The van der Waals surface area contributed by atoms with Gasteiger partial charge in [-0.05, 0) is 12.8 Å². The van der Waals surface area contributed by atoms with Crippen molar-refractivity contribution in [2.24, 2.45) is 11.1 Å². The van der Waals surface area contributed by atoms with E-state index in [4.69, 9.17) is 10.8 Å². The summed E-state index contributed by atoms with van der Waals surface area (Å²) in [6.45, 7) is 0.294. The predicted octanol–water partition coefficient (Wildman–Crippen LogP) is 1.01. The van der Waals surface area contributed by atoms with Gasteiger partial charge < -0.3 is 10.8 Å². The van der Waals surface area contributed by atoms with Crippen LogP contribution >= 0.6 is 12.4 Å². The number of carboxylic acid groups (broad SMARTS) is 1. The molecule has 1 rings (SSSR count). The maximum Gasteiger partial charge on any atom is 0.310 e. The molecule has 0 aromatic carbocycles. The van der Waals surface area contributed by atoms with Crippen LogP contribution in [0.4, 0.5) is 0 Å². The number of hydrogen-bond acceptors (Lipinski definition) is 2. The first-order chi connectivity index (χ1) is 4.71. The average Bonchev–Trinajstić information content (AvgIpc) is 2.35. The summed E-state index contributed by atoms with van der Waals surface area (Å²) < 4.78 is 0. The lowest BCUT2D eigenvalue weighted by Gasteiger charge is -2.20. The molecule has 11 heavy (non-hydrogen) atoms. The monoisotopic (exact) mass is 179 g/mol. The van der Waals surface area contributed by atoms with E-state index in [-0.39, 0.29) is 12.4 Å². The molecule has 0 aliphatic heterocycles. The summed E-state index contributed by atoms with van der Waals surface area (Å²) in [6.07, 6.45) is 3.56. The Bertz CT molecular complexity index is 143. The maximum absolute atomic E-state index is 10.7. The SMILES string of the molecule is Cl.NCC1(C(=O)O)CCCC1. The number of hydrogen-bond donors (Lipinski definition) is 2. The van der Waals surface area contributed by atoms with Crippen LogP contribution in [0, 0.1) is 5.41 Å². The summed E-state index contributed by atoms with van der Waals surface area (Å²) >= 11 is 0. The molecule has 3 nitrogen and oxygen atoms in total. The quantitative estimate of drug-likeness (QED) is 0.665. The number of halogens is 1. The van der Waals surface area contributed by atoms with Gasteiger partial charge in [-0.3, -0.25) is 4.79 Å². The van der Waals surface area contributed by atoms with Crippen LogP contribution in [0.1, 0.15) is 25.7 Å². The van der Waals surface area contributed by atoms with Crippen molar-refractivity contribution < 1.29 is 9.90 Å². The smallest absolute Gasteiger partial charge is 0.310 e. The fraction of sp³-hybridized carbons (Fsp3) is 0.857. The second-order valence-electron chi connectivity index (χ2n) is 3.00. The molecular weight excluding hydrogens is 166 g/mol. The second-order valence-corrected chi connectivity index (χ2v) is 3.00. The fourth-order valence-electron chi connectivity index (χ4n) is 1.56. The Balaban J connectivity index is 0.000001000. The minimum atomic E-state index is -0.715. The van der Waals surface area contributed by atoms with Crippen molar-refractivity contribution in [2.45, 2.75) is 25.7 Å². The van der Waals surface area contributed by atoms with E-state index >= 15 is 0 Å². The number of carbonyl (C=O) groups is 1. The Morgan fingerprint density at radius 1 is 1.45 bits per heavy atom. The molecule has 1 aliphatic rings. The van der Waals surface area contributed by atoms with Crippen LogP contribution < -0.4 is 5.73 Å². The normalized spacial score (nSPS) is 20.8. The zero-order valence-electron chi connectivity index (χ0n) is 6.38. The highest BCUT2D eigenvalue weighted by molar-refractivity contribution is 5.85. The largest absolute Gasteiger partial charge is 0.481 e. The Hall–Kier alpha value is -0.280. The van der Waals surface area contributed by atoms with Gasteiger partial charge in [-0.2, -0.15) is 0 Å². The van der Waals surface area contributed by atoms with Crippen molar-refractivity contribution in [3.8, 4) is 0 Å². The highest BCUT2D eigenvalue weighted by Gasteiger charge is 2.39. The van der Waals surface area contributed by atoms with E-state index in [0.717, 1.165) is 25.7 Å². The zero-order chi connectivity index (χ0) is 7.61. The molecule has 0 unspecified atom stereocenters. The van der Waals surface area contributed by atoms with E-state index in [1.165, 1.54) is 0 Å². The zero-order valence-corrected chi connectivity index (χ0v) is 7.19. The van der Waals surface area contributed by atoms with Gasteiger partial charge in [-0.1, -0.05) is 12.8 Å². The molecule has 0 bridgehead atoms. The highest BCUT2D eigenvalue weighted by Crippen LogP contribution is 2.36. The second kappa shape index (κ2) is 3.93. The molecule has 0 aromatic heterocycles. The third-order valence-corrected chi connectivity index (χ3v) is 2.41. The minimum Gasteiger partial charge on any atom is -0.481 e. The third kappa shape index (κ3) is 1.84. The van der Waals surface area contributed by atoms with Crippen molar-refractivity contribution in [3.05, 3.63) is 0 Å². The lowest BCUT2D eigenvalue weighted by atomic mass is 9.87. The minimum absolute atomic E-state index is 0. The molecule has 0 aromatic rings. The van der Waals surface area contributed by atoms with Gasteiger partial charge in [0.1, 0.15) is 0 Å². The Morgan fingerprint density at radius 3 is 2.09 bits per heavy atom. The number of rotatable bonds is 2. The van der Waals surface area contributed by atoms with Crippen LogP contribution in [0.25, 0.3) is 0 Å². The molecule has 0 radical (unpaired) electrons. The molecule has 0 heterocycles. The van der Waals surface area contributed by atoms with Crippen molar-refractivity contribution in [1.29, 1.82) is 0 Å². The summed E-state index contributed by atoms with van der Waals surface area (Å²) in [5.74, 6) is -0.715. The Morgan fingerprint density at radius 2 is 1.91 bits per heavy atom. The lowest BCUT2D eigenvalue weighted by Crippen LogP contribution is -2.35. The predicted molar refractivity (Wildman–Crippen MR) is 44.8 cm³/mol. The molecule has 4 heteroatoms. The summed E-state index contributed by atoms with van der Waals surface area (Å²) in [4.78, 5) is 10.7. The van der Waals surface area contributed by atoms with E-state index in [1.807, 2.05) is 0 Å². The topological polar surface area (TPSA) is 63.3 Å². The fourth-order valence-corrected chi connectivity index (χ4v) is 1.56. The van der Waals surface area contributed by atoms with Crippen LogP contribution in [0.2, 0.25) is 0 Å². The Kier molecular flexibility index (Phi) is 3.83. The first-order valence-corrected chi connectivity index (χ1v) is 3.65. The van der Waals surface area contributed by atoms with Crippen molar-refractivity contribution >= 4 is 18.4 Å². The van der Waals surface area contributed by atoms with E-state index < -0.39 is 11.4 Å². The van der Waals surface area contributed by atoms with Crippen molar-refractivity contribution in [3.63, 3.8) is 0 Å². The van der Waals surface area contributed by atoms with Crippen LogP contribution in [-0.4, -0.2) is 17.6 Å². The molecule has 1 fully saturated rings. The molecule has 1 saturated carbocycles. The standard InChI is InChI=1S/C7H13NO2.ClH/c8-5-7(6(9)10)3-1-2-4-7;/h1-5,8H2,(H,9,10);1H. The van der Waals surface area contributed by atoms with Crippen LogP contribution in [-0.2, 0) is 4.79 Å². The number of carboxylic acids is 1. The molecule has 0 atom stereocenters. The van der Waals surface area contributed by atoms with Crippen LogP contribution in [0.5, 0.6) is 0 Å². The number of aliphatic carboxylic acids is 1. The molecule has 1 aliphatic carbocycles. The highest BCUT2D eigenvalue weighted by atomic mass is 35.5. The van der Waals surface area contributed by atoms with Gasteiger partial charge in [0, 0.05) is 6.54 Å². The first-order valence-electron chi connectivity index (χ1n) is 3.65. The molecule has 0 saturated heterocycles. The van der Waals surface area contributed by atoms with E-state index in [9.17, 15) is 4.79 Å². The summed E-state index contributed by atoms with van der Waals surface area (Å²) in [5.41, 5.74) is 4.82. The summed E-state index contributed by atoms with van der Waals surface area (Å²) in [5, 5.41) is 8.78. The van der Waals surface area contributed by atoms with Crippen molar-refractivity contribution in [1.82, 2.24) is 0 Å². The molecule has 66 valence electrons. The molecular formula is C7H14ClNO2. The molecule has 0 spiro atoms. The first kappa shape index (κ1) is 10.7. The van der Waals surface area contributed by atoms with E-state index in [1.54, 1.807) is 0 Å². The van der Waals surface area contributed by atoms with Gasteiger partial charge in [0.2, 0.25) is 0 Å². The van der Waals surface area contributed by atoms with Crippen LogP contribution in [0.3, 0.4) is 0 Å². The van der Waals surface area contributed by atoms with Gasteiger partial charge in [-0.15, -0.1) is 12.4 Å². The van der Waals surface area contributed by atoms with Crippen molar-refractivity contribution in [2.75, 3.05) is 6.54 Å². The van der Waals surface area contributed by atoms with Gasteiger partial charge in [0.15, 0.2) is 0 Å². The maximum atomic E-state index is 10.7. The summed E-state index contributed by atoms with van der Waals surface area (Å²) in [7, 11) is 0. The Labute approximate surface area is 72.4 Å². The van der Waals surface area contributed by atoms with Gasteiger partial charge in [-0.25, -0.2) is 0 Å². The number of nitrogens with two attached hydrogens (primary N) is 1. The lowest BCUT2D eigenvalue weighted by molar-refractivity contribution is -0.147. The van der Waals surface area contributed by atoms with E-state index in [0.29, 0.717) is 6.54 Å². The molecule has 0 amide bonds. The van der Waals surface area contributed by atoms with Crippen LogP contribution in [0.15, 0.2) is 0 Å². The average molecular weight is 180 g/mol. The van der Waals surface area contributed by atoms with Gasteiger partial charge in [0.25, 0.3) is 0 Å². The van der Waals surface area contributed by atoms with E-state index in [2.05, 4.69) is 0 Å². The van der Waals surface area contributed by atoms with Gasteiger partial charge >= 0.3 is 5.97 Å². The summed E-state index contributed by atoms with van der Waals surface area (Å²) in [6, 6.07) is 0. The van der Waals surface area contributed by atoms with Gasteiger partial charge in [0.05, 0.1) is 5.41 Å². The third-order valence-electron chi connectivity index (χ3n) is 2.41.